The number of hydrogen-bond acceptors (Lipinski definition) is 2. The van der Waals surface area contributed by atoms with Gasteiger partial charge in [-0.05, 0) is 44.9 Å². The molecule has 1 aromatic carbocycles. The second-order valence-electron chi connectivity index (χ2n) is 5.63. The number of benzene rings is 1. The van der Waals surface area contributed by atoms with Gasteiger partial charge in [0, 0.05) is 12.6 Å². The molecule has 0 spiro atoms. The van der Waals surface area contributed by atoms with Crippen molar-refractivity contribution in [3.05, 3.63) is 28.8 Å². The van der Waals surface area contributed by atoms with Crippen molar-refractivity contribution < 1.29 is 17.9 Å². The number of rotatable bonds is 2. The SMILES string of the molecule is CC1(C)CC(Nc2ccc(C(F)(F)F)cc2Cl)CCO1. The van der Waals surface area contributed by atoms with Crippen molar-refractivity contribution in [3.63, 3.8) is 0 Å². The van der Waals surface area contributed by atoms with E-state index in [1.165, 1.54) is 6.07 Å². The first kappa shape index (κ1) is 15.4. The minimum Gasteiger partial charge on any atom is -0.381 e. The molecule has 112 valence electrons. The Morgan fingerprint density at radius 1 is 1.35 bits per heavy atom. The standard InChI is InChI=1S/C14H17ClF3NO/c1-13(2)8-10(5-6-20-13)19-12-4-3-9(7-11(12)15)14(16,17)18/h3-4,7,10,19H,5-6,8H2,1-2H3. The predicted octanol–water partition coefficient (Wildman–Crippen LogP) is 4.73. The number of hydrogen-bond donors (Lipinski definition) is 1. The maximum absolute atomic E-state index is 12.6. The van der Waals surface area contributed by atoms with E-state index < -0.39 is 11.7 Å². The smallest absolute Gasteiger partial charge is 0.381 e. The first-order valence-corrected chi connectivity index (χ1v) is 6.82. The van der Waals surface area contributed by atoms with Crippen LogP contribution in [0.4, 0.5) is 18.9 Å². The third kappa shape index (κ3) is 3.79. The molecule has 1 atom stereocenters. The van der Waals surface area contributed by atoms with E-state index in [0.717, 1.165) is 25.0 Å². The van der Waals surface area contributed by atoms with Gasteiger partial charge in [0.15, 0.2) is 0 Å². The summed E-state index contributed by atoms with van der Waals surface area (Å²) in [6.45, 7) is 4.62. The molecular weight excluding hydrogens is 291 g/mol. The molecule has 2 rings (SSSR count). The van der Waals surface area contributed by atoms with Crippen molar-refractivity contribution in [2.24, 2.45) is 0 Å². The Kier molecular flexibility index (Phi) is 4.21. The number of anilines is 1. The summed E-state index contributed by atoms with van der Waals surface area (Å²) >= 11 is 5.93. The monoisotopic (exact) mass is 307 g/mol. The van der Waals surface area contributed by atoms with Crippen molar-refractivity contribution in [3.8, 4) is 0 Å². The summed E-state index contributed by atoms with van der Waals surface area (Å²) in [7, 11) is 0. The highest BCUT2D eigenvalue weighted by atomic mass is 35.5. The van der Waals surface area contributed by atoms with Gasteiger partial charge < -0.3 is 10.1 Å². The fourth-order valence-electron chi connectivity index (χ4n) is 2.38. The summed E-state index contributed by atoms with van der Waals surface area (Å²) in [5.74, 6) is 0. The summed E-state index contributed by atoms with van der Waals surface area (Å²) < 4.78 is 43.3. The average molecular weight is 308 g/mol. The Balaban J connectivity index is 2.10. The number of ether oxygens (including phenoxy) is 1. The molecule has 0 saturated carbocycles. The molecule has 20 heavy (non-hydrogen) atoms. The fraction of sp³-hybridized carbons (Fsp3) is 0.571. The van der Waals surface area contributed by atoms with Gasteiger partial charge in [0.05, 0.1) is 21.9 Å². The zero-order chi connectivity index (χ0) is 15.0. The van der Waals surface area contributed by atoms with Crippen LogP contribution in [0.2, 0.25) is 5.02 Å². The Morgan fingerprint density at radius 2 is 2.05 bits per heavy atom. The Morgan fingerprint density at radius 3 is 2.60 bits per heavy atom. The molecule has 0 radical (unpaired) electrons. The van der Waals surface area contributed by atoms with Gasteiger partial charge in [-0.1, -0.05) is 11.6 Å². The first-order chi connectivity index (χ1) is 9.17. The highest BCUT2D eigenvalue weighted by molar-refractivity contribution is 6.33. The topological polar surface area (TPSA) is 21.3 Å². The highest BCUT2D eigenvalue weighted by Gasteiger charge is 2.32. The van der Waals surface area contributed by atoms with Crippen LogP contribution in [0, 0.1) is 0 Å². The molecule has 0 bridgehead atoms. The van der Waals surface area contributed by atoms with Crippen LogP contribution >= 0.6 is 11.6 Å². The lowest BCUT2D eigenvalue weighted by Gasteiger charge is -2.36. The van der Waals surface area contributed by atoms with E-state index in [1.54, 1.807) is 0 Å². The molecule has 2 nitrogen and oxygen atoms in total. The van der Waals surface area contributed by atoms with Gasteiger partial charge in [0.25, 0.3) is 0 Å². The predicted molar refractivity (Wildman–Crippen MR) is 73.1 cm³/mol. The minimum absolute atomic E-state index is 0.0872. The third-order valence-corrected chi connectivity index (χ3v) is 3.67. The average Bonchev–Trinajstić information content (AvgIpc) is 2.29. The van der Waals surface area contributed by atoms with Crippen LogP contribution in [0.25, 0.3) is 0 Å². The van der Waals surface area contributed by atoms with Crippen LogP contribution in [0.15, 0.2) is 18.2 Å². The lowest BCUT2D eigenvalue weighted by atomic mass is 9.94. The van der Waals surface area contributed by atoms with E-state index in [0.29, 0.717) is 12.3 Å². The molecule has 1 unspecified atom stereocenters. The Bertz CT molecular complexity index is 488. The molecule has 1 aliphatic rings. The molecule has 0 aromatic heterocycles. The molecule has 1 fully saturated rings. The lowest BCUT2D eigenvalue weighted by molar-refractivity contribution is -0.137. The van der Waals surface area contributed by atoms with Gasteiger partial charge in [-0.3, -0.25) is 0 Å². The van der Waals surface area contributed by atoms with Crippen LogP contribution in [-0.4, -0.2) is 18.2 Å². The van der Waals surface area contributed by atoms with E-state index in [-0.39, 0.29) is 16.7 Å². The summed E-state index contributed by atoms with van der Waals surface area (Å²) in [4.78, 5) is 0. The Labute approximate surface area is 121 Å². The van der Waals surface area contributed by atoms with Crippen molar-refractivity contribution in [2.75, 3.05) is 11.9 Å². The van der Waals surface area contributed by atoms with E-state index >= 15 is 0 Å². The molecule has 1 heterocycles. The van der Waals surface area contributed by atoms with Crippen LogP contribution in [0.5, 0.6) is 0 Å². The normalized spacial score (nSPS) is 22.6. The summed E-state index contributed by atoms with van der Waals surface area (Å²) in [6.07, 6.45) is -2.78. The van der Waals surface area contributed by atoms with Gasteiger partial charge in [-0.2, -0.15) is 13.2 Å². The zero-order valence-corrected chi connectivity index (χ0v) is 12.1. The van der Waals surface area contributed by atoms with Crippen molar-refractivity contribution >= 4 is 17.3 Å². The van der Waals surface area contributed by atoms with Crippen molar-refractivity contribution in [2.45, 2.75) is 44.5 Å². The largest absolute Gasteiger partial charge is 0.416 e. The zero-order valence-electron chi connectivity index (χ0n) is 11.4. The van der Waals surface area contributed by atoms with E-state index in [1.807, 2.05) is 13.8 Å². The molecule has 0 amide bonds. The van der Waals surface area contributed by atoms with E-state index in [4.69, 9.17) is 16.3 Å². The molecule has 0 aliphatic carbocycles. The minimum atomic E-state index is -4.37. The van der Waals surface area contributed by atoms with Gasteiger partial charge in [0.2, 0.25) is 0 Å². The summed E-state index contributed by atoms with van der Waals surface area (Å²) in [6, 6.07) is 3.52. The van der Waals surface area contributed by atoms with Gasteiger partial charge in [-0.15, -0.1) is 0 Å². The number of alkyl halides is 3. The van der Waals surface area contributed by atoms with Crippen molar-refractivity contribution in [1.82, 2.24) is 0 Å². The number of halogens is 4. The second kappa shape index (κ2) is 5.45. The molecule has 1 aromatic rings. The van der Waals surface area contributed by atoms with Gasteiger partial charge >= 0.3 is 6.18 Å². The molecular formula is C14H17ClF3NO. The van der Waals surface area contributed by atoms with Gasteiger partial charge in [0.1, 0.15) is 0 Å². The first-order valence-electron chi connectivity index (χ1n) is 6.45. The van der Waals surface area contributed by atoms with Crippen LogP contribution < -0.4 is 5.32 Å². The quantitative estimate of drug-likeness (QED) is 0.853. The third-order valence-electron chi connectivity index (χ3n) is 3.35. The second-order valence-corrected chi connectivity index (χ2v) is 6.04. The maximum atomic E-state index is 12.6. The van der Waals surface area contributed by atoms with E-state index in [9.17, 15) is 13.2 Å². The van der Waals surface area contributed by atoms with E-state index in [2.05, 4.69) is 5.32 Å². The molecule has 6 heteroatoms. The highest BCUT2D eigenvalue weighted by Crippen LogP contribution is 2.35. The van der Waals surface area contributed by atoms with Crippen LogP contribution in [0.3, 0.4) is 0 Å². The summed E-state index contributed by atoms with van der Waals surface area (Å²) in [5.41, 5.74) is -0.434. The maximum Gasteiger partial charge on any atom is 0.416 e. The molecule has 1 N–H and O–H groups in total. The molecule has 1 saturated heterocycles. The Hall–Kier alpha value is -0.940. The van der Waals surface area contributed by atoms with Crippen molar-refractivity contribution in [1.29, 1.82) is 0 Å². The van der Waals surface area contributed by atoms with Crippen LogP contribution in [0.1, 0.15) is 32.3 Å². The number of nitrogens with one attached hydrogen (secondary N) is 1. The molecule has 1 aliphatic heterocycles. The van der Waals surface area contributed by atoms with Gasteiger partial charge in [-0.25, -0.2) is 0 Å². The fourth-order valence-corrected chi connectivity index (χ4v) is 2.62. The van der Waals surface area contributed by atoms with Crippen LogP contribution in [-0.2, 0) is 10.9 Å². The summed E-state index contributed by atoms with van der Waals surface area (Å²) in [5, 5.41) is 3.29. The lowest BCUT2D eigenvalue weighted by Crippen LogP contribution is -2.40.